The van der Waals surface area contributed by atoms with Gasteiger partial charge < -0.3 is 9.84 Å². The SMILES string of the molecule is CCOC(=O)C(N=O)=C(O)CCl. The van der Waals surface area contributed by atoms with Crippen LogP contribution >= 0.6 is 11.6 Å². The Kier molecular flexibility index (Phi) is 5.03. The summed E-state index contributed by atoms with van der Waals surface area (Å²) in [6.07, 6.45) is 0. The van der Waals surface area contributed by atoms with Crippen molar-refractivity contribution in [3.63, 3.8) is 0 Å². The molecule has 0 aromatic heterocycles. The molecule has 0 aromatic rings. The molecular weight excluding hydrogens is 186 g/mol. The van der Waals surface area contributed by atoms with Crippen LogP contribution in [0.3, 0.4) is 0 Å². The largest absolute Gasteiger partial charge is 0.508 e. The van der Waals surface area contributed by atoms with Crippen molar-refractivity contribution in [2.45, 2.75) is 6.92 Å². The minimum absolute atomic E-state index is 0.105. The summed E-state index contributed by atoms with van der Waals surface area (Å²) in [5.74, 6) is -1.89. The summed E-state index contributed by atoms with van der Waals surface area (Å²) in [5.41, 5.74) is -0.674. The lowest BCUT2D eigenvalue weighted by Gasteiger charge is -2.00. The summed E-state index contributed by atoms with van der Waals surface area (Å²) >= 11 is 5.16. The van der Waals surface area contributed by atoms with Crippen molar-refractivity contribution in [3.8, 4) is 0 Å². The highest BCUT2D eigenvalue weighted by Crippen LogP contribution is 2.06. The Labute approximate surface area is 73.9 Å². The second-order valence-corrected chi connectivity index (χ2v) is 2.01. The van der Waals surface area contributed by atoms with Gasteiger partial charge in [-0.3, -0.25) is 0 Å². The molecule has 5 nitrogen and oxygen atoms in total. The van der Waals surface area contributed by atoms with Crippen molar-refractivity contribution >= 4 is 17.6 Å². The van der Waals surface area contributed by atoms with Crippen LogP contribution in [0.2, 0.25) is 0 Å². The molecule has 0 aliphatic carbocycles. The van der Waals surface area contributed by atoms with Crippen molar-refractivity contribution in [2.75, 3.05) is 12.5 Å². The second kappa shape index (κ2) is 5.54. The van der Waals surface area contributed by atoms with E-state index < -0.39 is 17.4 Å². The van der Waals surface area contributed by atoms with Gasteiger partial charge in [0, 0.05) is 0 Å². The molecule has 0 fully saturated rings. The third-order valence-electron chi connectivity index (χ3n) is 0.960. The molecule has 0 spiro atoms. The van der Waals surface area contributed by atoms with Crippen LogP contribution in [-0.2, 0) is 9.53 Å². The van der Waals surface area contributed by atoms with E-state index in [2.05, 4.69) is 9.91 Å². The van der Waals surface area contributed by atoms with Crippen LogP contribution in [0.5, 0.6) is 0 Å². The van der Waals surface area contributed by atoms with E-state index in [9.17, 15) is 9.70 Å². The van der Waals surface area contributed by atoms with Crippen molar-refractivity contribution in [1.82, 2.24) is 0 Å². The Morgan fingerprint density at radius 2 is 2.25 bits per heavy atom. The Hall–Kier alpha value is -1.10. The molecule has 0 saturated carbocycles. The number of rotatable bonds is 4. The number of aliphatic hydroxyl groups is 1. The van der Waals surface area contributed by atoms with E-state index in [4.69, 9.17) is 16.7 Å². The zero-order valence-electron chi connectivity index (χ0n) is 6.41. The maximum atomic E-state index is 10.8. The molecule has 0 unspecified atom stereocenters. The van der Waals surface area contributed by atoms with Crippen LogP contribution in [0, 0.1) is 4.91 Å². The van der Waals surface area contributed by atoms with Crippen molar-refractivity contribution in [1.29, 1.82) is 0 Å². The van der Waals surface area contributed by atoms with E-state index in [0.717, 1.165) is 0 Å². The lowest BCUT2D eigenvalue weighted by Crippen LogP contribution is -2.08. The zero-order chi connectivity index (χ0) is 9.56. The number of allylic oxidation sites excluding steroid dienone is 1. The molecule has 0 rings (SSSR count). The Bertz CT molecular complexity index is 214. The molecule has 0 heterocycles. The fourth-order valence-corrected chi connectivity index (χ4v) is 0.597. The average molecular weight is 194 g/mol. The van der Waals surface area contributed by atoms with Crippen LogP contribution in [0.25, 0.3) is 0 Å². The minimum Gasteiger partial charge on any atom is -0.508 e. The summed E-state index contributed by atoms with van der Waals surface area (Å²) in [6, 6.07) is 0. The third-order valence-corrected chi connectivity index (χ3v) is 1.21. The van der Waals surface area contributed by atoms with Crippen LogP contribution in [0.15, 0.2) is 16.6 Å². The van der Waals surface area contributed by atoms with Gasteiger partial charge >= 0.3 is 5.97 Å². The van der Waals surface area contributed by atoms with Crippen LogP contribution in [-0.4, -0.2) is 23.6 Å². The second-order valence-electron chi connectivity index (χ2n) is 1.74. The molecule has 0 aromatic carbocycles. The van der Waals surface area contributed by atoms with Gasteiger partial charge in [-0.1, -0.05) is 0 Å². The fourth-order valence-electron chi connectivity index (χ4n) is 0.471. The van der Waals surface area contributed by atoms with Gasteiger partial charge in [0.1, 0.15) is 5.76 Å². The predicted molar refractivity (Wildman–Crippen MR) is 42.8 cm³/mol. The molecule has 1 N–H and O–H groups in total. The average Bonchev–Trinajstić information content (AvgIpc) is 2.06. The maximum Gasteiger partial charge on any atom is 0.364 e. The molecule has 0 bridgehead atoms. The quantitative estimate of drug-likeness (QED) is 0.240. The maximum absolute atomic E-state index is 10.8. The molecule has 0 saturated heterocycles. The standard InChI is InChI=1S/C6H8ClNO4/c1-2-12-6(10)5(8-11)4(9)3-7/h9H,2-3H2,1H3. The van der Waals surface area contributed by atoms with Gasteiger partial charge in [-0.15, -0.1) is 16.5 Å². The van der Waals surface area contributed by atoms with Gasteiger partial charge in [0.05, 0.1) is 12.5 Å². The minimum atomic E-state index is -0.967. The number of alkyl halides is 1. The number of hydrogen-bond donors (Lipinski definition) is 1. The van der Waals surface area contributed by atoms with Gasteiger partial charge in [-0.2, -0.15) is 0 Å². The molecule has 0 aliphatic heterocycles. The zero-order valence-corrected chi connectivity index (χ0v) is 7.17. The topological polar surface area (TPSA) is 76.0 Å². The molecule has 68 valence electrons. The fraction of sp³-hybridized carbons (Fsp3) is 0.500. The van der Waals surface area contributed by atoms with Gasteiger partial charge in [-0.25, -0.2) is 4.79 Å². The lowest BCUT2D eigenvalue weighted by atomic mass is 10.4. The van der Waals surface area contributed by atoms with Crippen LogP contribution < -0.4 is 0 Å². The molecule has 0 aliphatic rings. The number of ether oxygens (including phenoxy) is 1. The van der Waals surface area contributed by atoms with E-state index in [-0.39, 0.29) is 12.5 Å². The van der Waals surface area contributed by atoms with E-state index in [0.29, 0.717) is 0 Å². The Morgan fingerprint density at radius 1 is 1.67 bits per heavy atom. The number of halogens is 1. The van der Waals surface area contributed by atoms with Crippen molar-refractivity contribution in [3.05, 3.63) is 16.4 Å². The van der Waals surface area contributed by atoms with Gasteiger partial charge in [0.2, 0.25) is 5.70 Å². The smallest absolute Gasteiger partial charge is 0.364 e. The first-order chi connectivity index (χ1) is 5.67. The monoisotopic (exact) mass is 193 g/mol. The molecule has 6 heteroatoms. The molecule has 0 amide bonds. The summed E-state index contributed by atoms with van der Waals surface area (Å²) in [4.78, 5) is 20.8. The number of carbonyl (C=O) groups excluding carboxylic acids is 1. The predicted octanol–water partition coefficient (Wildman–Crippen LogP) is 1.32. The number of esters is 1. The Balaban J connectivity index is 4.55. The molecule has 12 heavy (non-hydrogen) atoms. The third kappa shape index (κ3) is 2.87. The van der Waals surface area contributed by atoms with Gasteiger partial charge in [0.25, 0.3) is 0 Å². The highest BCUT2D eigenvalue weighted by Gasteiger charge is 2.16. The van der Waals surface area contributed by atoms with Gasteiger partial charge in [-0.05, 0) is 12.1 Å². The molecule has 0 radical (unpaired) electrons. The number of nitrogens with zero attached hydrogens (tertiary/aromatic N) is 1. The first-order valence-electron chi connectivity index (χ1n) is 3.15. The van der Waals surface area contributed by atoms with E-state index in [1.165, 1.54) is 0 Å². The van der Waals surface area contributed by atoms with Crippen molar-refractivity contribution in [2.24, 2.45) is 5.18 Å². The molecular formula is C6H8ClNO4. The number of aliphatic hydroxyl groups excluding tert-OH is 1. The summed E-state index contributed by atoms with van der Waals surface area (Å²) in [5, 5.41) is 11.2. The highest BCUT2D eigenvalue weighted by atomic mass is 35.5. The van der Waals surface area contributed by atoms with E-state index in [1.54, 1.807) is 6.92 Å². The van der Waals surface area contributed by atoms with Crippen molar-refractivity contribution < 1.29 is 14.6 Å². The highest BCUT2D eigenvalue weighted by molar-refractivity contribution is 6.19. The van der Waals surface area contributed by atoms with Crippen LogP contribution in [0.4, 0.5) is 0 Å². The van der Waals surface area contributed by atoms with Gasteiger partial charge in [0.15, 0.2) is 0 Å². The molecule has 0 atom stereocenters. The number of hydrogen-bond acceptors (Lipinski definition) is 5. The van der Waals surface area contributed by atoms with Crippen LogP contribution in [0.1, 0.15) is 6.92 Å². The van der Waals surface area contributed by atoms with E-state index >= 15 is 0 Å². The first-order valence-corrected chi connectivity index (χ1v) is 3.69. The first kappa shape index (κ1) is 10.9. The summed E-state index contributed by atoms with van der Waals surface area (Å²) < 4.78 is 4.41. The summed E-state index contributed by atoms with van der Waals surface area (Å²) in [6.45, 7) is 1.67. The summed E-state index contributed by atoms with van der Waals surface area (Å²) in [7, 11) is 0. The lowest BCUT2D eigenvalue weighted by molar-refractivity contribution is -0.138. The van der Waals surface area contributed by atoms with E-state index in [1.807, 2.05) is 0 Å². The number of nitroso groups, excluding NO2 is 1. The normalized spacial score (nSPS) is 11.8. The Morgan fingerprint density at radius 3 is 2.58 bits per heavy atom. The number of carbonyl (C=O) groups is 1.